The highest BCUT2D eigenvalue weighted by atomic mass is 16.6. The topological polar surface area (TPSA) is 58.6 Å². The summed E-state index contributed by atoms with van der Waals surface area (Å²) in [6, 6.07) is 0. The van der Waals surface area contributed by atoms with E-state index in [9.17, 15) is 9.59 Å². The predicted molar refractivity (Wildman–Crippen MR) is 60.0 cm³/mol. The zero-order chi connectivity index (χ0) is 12.6. The van der Waals surface area contributed by atoms with Crippen LogP contribution in [-0.4, -0.2) is 42.6 Å². The van der Waals surface area contributed by atoms with E-state index in [-0.39, 0.29) is 12.0 Å². The van der Waals surface area contributed by atoms with E-state index in [1.165, 1.54) is 0 Å². The fourth-order valence-electron chi connectivity index (χ4n) is 1.70. The highest BCUT2D eigenvalue weighted by Crippen LogP contribution is 2.31. The van der Waals surface area contributed by atoms with Gasteiger partial charge in [-0.3, -0.25) is 4.79 Å². The molecule has 92 valence electrons. The van der Waals surface area contributed by atoms with Crippen LogP contribution < -0.4 is 5.32 Å². The molecular weight excluding hydrogens is 208 g/mol. The van der Waals surface area contributed by atoms with Crippen LogP contribution in [0.15, 0.2) is 0 Å². The third kappa shape index (κ3) is 2.65. The van der Waals surface area contributed by atoms with Gasteiger partial charge in [-0.25, -0.2) is 4.79 Å². The maximum atomic E-state index is 11.6. The van der Waals surface area contributed by atoms with Gasteiger partial charge >= 0.3 is 6.09 Å². The number of rotatable bonds is 1. The Morgan fingerprint density at radius 3 is 2.19 bits per heavy atom. The largest absolute Gasteiger partial charge is 0.444 e. The van der Waals surface area contributed by atoms with Crippen molar-refractivity contribution in [1.82, 2.24) is 10.2 Å². The molecule has 1 aliphatic heterocycles. The third-order valence-electron chi connectivity index (χ3n) is 2.51. The molecule has 1 rings (SSSR count). The molecule has 1 aliphatic rings. The monoisotopic (exact) mass is 228 g/mol. The van der Waals surface area contributed by atoms with Crippen LogP contribution in [-0.2, 0) is 9.53 Å². The molecule has 0 atom stereocenters. The standard InChI is InChI=1S/C11H20N2O3/c1-10(2,3)16-9(15)13-6-11(4,7-13)8(14)12-5/h6-7H2,1-5H3,(H,12,14). The summed E-state index contributed by atoms with van der Waals surface area (Å²) in [6.07, 6.45) is -0.353. The lowest BCUT2D eigenvalue weighted by Crippen LogP contribution is -2.63. The molecule has 0 unspecified atom stereocenters. The first-order valence-corrected chi connectivity index (χ1v) is 5.38. The minimum absolute atomic E-state index is 0.0349. The van der Waals surface area contributed by atoms with Crippen molar-refractivity contribution in [2.24, 2.45) is 5.41 Å². The van der Waals surface area contributed by atoms with Gasteiger partial charge in [0, 0.05) is 20.1 Å². The molecule has 1 heterocycles. The van der Waals surface area contributed by atoms with Crippen molar-refractivity contribution in [3.05, 3.63) is 0 Å². The number of hydrogen-bond acceptors (Lipinski definition) is 3. The van der Waals surface area contributed by atoms with Gasteiger partial charge in [0.2, 0.25) is 5.91 Å². The van der Waals surface area contributed by atoms with Gasteiger partial charge in [-0.15, -0.1) is 0 Å². The van der Waals surface area contributed by atoms with Crippen molar-refractivity contribution >= 4 is 12.0 Å². The fourth-order valence-corrected chi connectivity index (χ4v) is 1.70. The smallest absolute Gasteiger partial charge is 0.410 e. The summed E-state index contributed by atoms with van der Waals surface area (Å²) in [6.45, 7) is 8.14. The van der Waals surface area contributed by atoms with E-state index >= 15 is 0 Å². The molecule has 0 aromatic heterocycles. The lowest BCUT2D eigenvalue weighted by molar-refractivity contribution is -0.138. The zero-order valence-electron chi connectivity index (χ0n) is 10.6. The molecule has 0 aromatic carbocycles. The van der Waals surface area contributed by atoms with Crippen LogP contribution in [0.1, 0.15) is 27.7 Å². The van der Waals surface area contributed by atoms with Crippen molar-refractivity contribution in [2.45, 2.75) is 33.3 Å². The molecule has 2 amide bonds. The van der Waals surface area contributed by atoms with E-state index < -0.39 is 11.0 Å². The molecule has 16 heavy (non-hydrogen) atoms. The second-order valence-electron chi connectivity index (χ2n) is 5.48. The van der Waals surface area contributed by atoms with Crippen molar-refractivity contribution < 1.29 is 14.3 Å². The minimum Gasteiger partial charge on any atom is -0.444 e. The van der Waals surface area contributed by atoms with Crippen molar-refractivity contribution in [3.63, 3.8) is 0 Å². The molecule has 0 bridgehead atoms. The van der Waals surface area contributed by atoms with Gasteiger partial charge in [0.05, 0.1) is 5.41 Å². The normalized spacial score (nSPS) is 18.7. The summed E-state index contributed by atoms with van der Waals surface area (Å²) in [5.41, 5.74) is -0.957. The highest BCUT2D eigenvalue weighted by Gasteiger charge is 2.47. The van der Waals surface area contributed by atoms with Gasteiger partial charge in [-0.05, 0) is 27.7 Å². The van der Waals surface area contributed by atoms with Crippen molar-refractivity contribution in [2.75, 3.05) is 20.1 Å². The van der Waals surface area contributed by atoms with E-state index in [2.05, 4.69) is 5.32 Å². The van der Waals surface area contributed by atoms with Crippen LogP contribution in [0.2, 0.25) is 0 Å². The summed E-state index contributed by atoms with van der Waals surface area (Å²) in [7, 11) is 1.60. The molecule has 1 saturated heterocycles. The fraction of sp³-hybridized carbons (Fsp3) is 0.818. The Balaban J connectivity index is 2.47. The molecule has 5 heteroatoms. The van der Waals surface area contributed by atoms with Gasteiger partial charge < -0.3 is 15.0 Å². The molecule has 0 radical (unpaired) electrons. The molecule has 0 spiro atoms. The minimum atomic E-state index is -0.490. The maximum Gasteiger partial charge on any atom is 0.410 e. The van der Waals surface area contributed by atoms with Crippen LogP contribution >= 0.6 is 0 Å². The number of carbonyl (C=O) groups is 2. The Bertz CT molecular complexity index is 301. The van der Waals surface area contributed by atoms with Gasteiger partial charge in [0.15, 0.2) is 0 Å². The SMILES string of the molecule is CNC(=O)C1(C)CN(C(=O)OC(C)(C)C)C1. The van der Waals surface area contributed by atoms with E-state index in [1.807, 2.05) is 27.7 Å². The number of nitrogens with zero attached hydrogens (tertiary/aromatic N) is 1. The molecule has 0 saturated carbocycles. The van der Waals surface area contributed by atoms with E-state index in [1.54, 1.807) is 11.9 Å². The van der Waals surface area contributed by atoms with Gasteiger partial charge in [0.1, 0.15) is 5.60 Å². The number of ether oxygens (including phenoxy) is 1. The Kier molecular flexibility index (Phi) is 3.17. The number of amides is 2. The van der Waals surface area contributed by atoms with E-state index in [4.69, 9.17) is 4.74 Å². The molecular formula is C11H20N2O3. The quantitative estimate of drug-likeness (QED) is 0.728. The van der Waals surface area contributed by atoms with Gasteiger partial charge in [-0.1, -0.05) is 0 Å². The number of nitrogens with one attached hydrogen (secondary N) is 1. The summed E-state index contributed by atoms with van der Waals surface area (Å²) in [4.78, 5) is 24.6. The number of carbonyl (C=O) groups excluding carboxylic acids is 2. The zero-order valence-corrected chi connectivity index (χ0v) is 10.6. The maximum absolute atomic E-state index is 11.6. The first-order chi connectivity index (χ1) is 7.18. The van der Waals surface area contributed by atoms with E-state index in [0.29, 0.717) is 13.1 Å². The number of likely N-dealkylation sites (tertiary alicyclic amines) is 1. The lowest BCUT2D eigenvalue weighted by Gasteiger charge is -2.46. The molecule has 0 aliphatic carbocycles. The second kappa shape index (κ2) is 3.96. The average molecular weight is 228 g/mol. The average Bonchev–Trinajstić information content (AvgIpc) is 2.08. The van der Waals surface area contributed by atoms with Crippen LogP contribution in [0.3, 0.4) is 0 Å². The molecule has 0 aromatic rings. The van der Waals surface area contributed by atoms with E-state index in [0.717, 1.165) is 0 Å². The molecule has 1 fully saturated rings. The van der Waals surface area contributed by atoms with Crippen LogP contribution in [0.25, 0.3) is 0 Å². The Morgan fingerprint density at radius 2 is 1.81 bits per heavy atom. The summed E-state index contributed by atoms with van der Waals surface area (Å²) < 4.78 is 5.20. The summed E-state index contributed by atoms with van der Waals surface area (Å²) in [5.74, 6) is -0.0349. The van der Waals surface area contributed by atoms with Crippen molar-refractivity contribution in [3.8, 4) is 0 Å². The summed E-state index contributed by atoms with van der Waals surface area (Å²) >= 11 is 0. The number of hydrogen-bond donors (Lipinski definition) is 1. The Hall–Kier alpha value is -1.26. The predicted octanol–water partition coefficient (Wildman–Crippen LogP) is 0.989. The van der Waals surface area contributed by atoms with Crippen LogP contribution in [0, 0.1) is 5.41 Å². The Labute approximate surface area is 96.1 Å². The highest BCUT2D eigenvalue weighted by molar-refractivity contribution is 5.85. The van der Waals surface area contributed by atoms with Crippen LogP contribution in [0.5, 0.6) is 0 Å². The van der Waals surface area contributed by atoms with Crippen molar-refractivity contribution in [1.29, 1.82) is 0 Å². The lowest BCUT2D eigenvalue weighted by atomic mass is 9.81. The van der Waals surface area contributed by atoms with Gasteiger partial charge in [0.25, 0.3) is 0 Å². The first kappa shape index (κ1) is 12.8. The second-order valence-corrected chi connectivity index (χ2v) is 5.48. The Morgan fingerprint density at radius 1 is 1.31 bits per heavy atom. The van der Waals surface area contributed by atoms with Crippen LogP contribution in [0.4, 0.5) is 4.79 Å². The first-order valence-electron chi connectivity index (χ1n) is 5.38. The molecule has 1 N–H and O–H groups in total. The third-order valence-corrected chi connectivity index (χ3v) is 2.51. The molecule has 5 nitrogen and oxygen atoms in total. The summed E-state index contributed by atoms with van der Waals surface area (Å²) in [5, 5.41) is 2.60. The van der Waals surface area contributed by atoms with Gasteiger partial charge in [-0.2, -0.15) is 0 Å².